The number of nitrogens with one attached hydrogen (secondary N) is 2. The van der Waals surface area contributed by atoms with Crippen LogP contribution in [-0.2, 0) is 16.1 Å². The number of imidazole rings is 1. The number of aliphatic hydroxyl groups excluding tert-OH is 1. The van der Waals surface area contributed by atoms with Crippen molar-refractivity contribution >= 4 is 63.7 Å². The third kappa shape index (κ3) is 6.34. The van der Waals surface area contributed by atoms with Crippen molar-refractivity contribution < 1.29 is 28.4 Å². The topological polar surface area (TPSA) is 160 Å². The van der Waals surface area contributed by atoms with Crippen LogP contribution >= 0.6 is 24.0 Å². The van der Waals surface area contributed by atoms with E-state index in [1.54, 1.807) is 39.4 Å². The number of nitrogens with zero attached hydrogens (tertiary/aromatic N) is 7. The van der Waals surface area contributed by atoms with Crippen LogP contribution in [-0.4, -0.2) is 86.9 Å². The standard InChI is InChI=1S/C25H26FN9O4S2/c1-25(2,3)39-24(38)35-10-16(36)21(40)20(35)22(37)28-4-5-34-12-32-14-8-29-18(6-15(14)34)33-23-30-9-17(41-23)19-13(26)7-27-11-31-19/h6-9,11-12,16,21,36H,4-5,10H2,1-3H3,(H2-,28,29,30,33,37,40)/p+1/t16-,21?/m0/s1. The number of anilines is 2. The van der Waals surface area contributed by atoms with Crippen LogP contribution in [0.2, 0.25) is 0 Å². The van der Waals surface area contributed by atoms with Crippen LogP contribution in [0.15, 0.2) is 37.3 Å². The summed E-state index contributed by atoms with van der Waals surface area (Å²) in [4.78, 5) is 46.8. The van der Waals surface area contributed by atoms with E-state index in [9.17, 15) is 19.1 Å². The number of hydrogen-bond acceptors (Lipinski definition) is 12. The fraction of sp³-hybridized carbons (Fsp3) is 0.360. The fourth-order valence-corrected chi connectivity index (χ4v) is 5.28. The Kier molecular flexibility index (Phi) is 7.97. The molecule has 3 N–H and O–H groups in total. The van der Waals surface area contributed by atoms with Gasteiger partial charge in [0.15, 0.2) is 17.5 Å². The highest BCUT2D eigenvalue weighted by atomic mass is 32.1. The Balaban J connectivity index is 1.26. The van der Waals surface area contributed by atoms with Crippen molar-refractivity contribution in [2.45, 2.75) is 44.3 Å². The average Bonchev–Trinajstić information content (AvgIpc) is 3.61. The molecule has 1 aliphatic heterocycles. The summed E-state index contributed by atoms with van der Waals surface area (Å²) in [6, 6.07) is 1.78. The molecule has 0 saturated carbocycles. The van der Waals surface area contributed by atoms with Crippen LogP contribution in [0.4, 0.5) is 20.1 Å². The molecule has 4 aromatic rings. The van der Waals surface area contributed by atoms with Gasteiger partial charge >= 0.3 is 12.0 Å². The number of thiol groups is 1. The molecular formula is C25H27FN9O4S2+. The summed E-state index contributed by atoms with van der Waals surface area (Å²) in [5.74, 6) is -0.572. The Hall–Kier alpha value is -4.02. The molecule has 5 heterocycles. The van der Waals surface area contributed by atoms with Gasteiger partial charge in [-0.15, -0.1) is 4.58 Å². The molecule has 1 aliphatic rings. The monoisotopic (exact) mass is 600 g/mol. The minimum absolute atomic E-state index is 0.0333. The number of carbonyl (C=O) groups is 2. The molecule has 2 atom stereocenters. The summed E-state index contributed by atoms with van der Waals surface area (Å²) in [7, 11) is 0. The van der Waals surface area contributed by atoms with Crippen LogP contribution in [0.25, 0.3) is 21.6 Å². The number of rotatable bonds is 7. The molecule has 0 fully saturated rings. The molecule has 214 valence electrons. The van der Waals surface area contributed by atoms with Gasteiger partial charge in [-0.2, -0.15) is 17.4 Å². The van der Waals surface area contributed by atoms with Gasteiger partial charge in [0, 0.05) is 25.4 Å². The minimum atomic E-state index is -1.00. The first-order chi connectivity index (χ1) is 19.5. The maximum Gasteiger partial charge on any atom is 0.597 e. The zero-order chi connectivity index (χ0) is 29.3. The number of ether oxygens (including phenoxy) is 1. The van der Waals surface area contributed by atoms with Crippen molar-refractivity contribution in [3.8, 4) is 10.6 Å². The number of aliphatic hydroxyl groups is 1. The molecule has 16 heteroatoms. The van der Waals surface area contributed by atoms with Crippen LogP contribution in [0, 0.1) is 5.82 Å². The number of fused-ring (bicyclic) bond motifs is 1. The highest BCUT2D eigenvalue weighted by molar-refractivity contribution is 7.82. The van der Waals surface area contributed by atoms with E-state index >= 15 is 0 Å². The predicted molar refractivity (Wildman–Crippen MR) is 152 cm³/mol. The highest BCUT2D eigenvalue weighted by Crippen LogP contribution is 2.30. The van der Waals surface area contributed by atoms with Gasteiger partial charge in [-0.05, 0) is 20.8 Å². The Morgan fingerprint density at radius 2 is 2.05 bits per heavy atom. The van der Waals surface area contributed by atoms with Crippen LogP contribution in [0.5, 0.6) is 0 Å². The summed E-state index contributed by atoms with van der Waals surface area (Å²) in [6.07, 6.45) is 5.39. The summed E-state index contributed by atoms with van der Waals surface area (Å²) < 4.78 is 22.4. The first kappa shape index (κ1) is 28.5. The number of halogens is 1. The van der Waals surface area contributed by atoms with E-state index < -0.39 is 34.8 Å². The molecule has 0 aliphatic carbocycles. The summed E-state index contributed by atoms with van der Waals surface area (Å²) in [5.41, 5.74) is 0.829. The van der Waals surface area contributed by atoms with Crippen LogP contribution in [0.3, 0.4) is 0 Å². The van der Waals surface area contributed by atoms with E-state index in [0.717, 1.165) is 16.3 Å². The average molecular weight is 601 g/mol. The van der Waals surface area contributed by atoms with Gasteiger partial charge in [-0.1, -0.05) is 11.3 Å². The lowest BCUT2D eigenvalue weighted by Crippen LogP contribution is -2.42. The molecule has 1 unspecified atom stereocenters. The number of aromatic nitrogens is 6. The number of pyridine rings is 1. The molecule has 0 saturated heterocycles. The first-order valence-electron chi connectivity index (χ1n) is 12.5. The van der Waals surface area contributed by atoms with E-state index in [-0.39, 0.29) is 24.5 Å². The quantitative estimate of drug-likeness (QED) is 0.183. The predicted octanol–water partition coefficient (Wildman–Crippen LogP) is 2.41. The van der Waals surface area contributed by atoms with Crippen molar-refractivity contribution in [3.05, 3.63) is 43.1 Å². The second kappa shape index (κ2) is 11.5. The second-order valence-electron chi connectivity index (χ2n) is 10.1. The van der Waals surface area contributed by atoms with Gasteiger partial charge in [0.05, 0.1) is 29.1 Å². The lowest BCUT2D eigenvalue weighted by molar-refractivity contribution is -0.449. The third-order valence-electron chi connectivity index (χ3n) is 5.94. The normalized spacial score (nSPS) is 17.2. The summed E-state index contributed by atoms with van der Waals surface area (Å²) in [6.45, 7) is 5.64. The minimum Gasteiger partial charge on any atom is -0.406 e. The summed E-state index contributed by atoms with van der Waals surface area (Å²) >= 11 is 5.56. The number of carbonyl (C=O) groups excluding carboxylic acids is 2. The molecular weight excluding hydrogens is 573 g/mol. The molecule has 13 nitrogen and oxygen atoms in total. The first-order valence-corrected chi connectivity index (χ1v) is 13.8. The maximum atomic E-state index is 14.0. The molecule has 0 radical (unpaired) electrons. The van der Waals surface area contributed by atoms with Crippen molar-refractivity contribution in [1.29, 1.82) is 0 Å². The lowest BCUT2D eigenvalue weighted by Gasteiger charge is -2.16. The molecule has 0 spiro atoms. The molecule has 5 rings (SSSR count). The van der Waals surface area contributed by atoms with E-state index in [4.69, 9.17) is 4.74 Å². The molecule has 41 heavy (non-hydrogen) atoms. The van der Waals surface area contributed by atoms with Crippen molar-refractivity contribution in [1.82, 2.24) is 34.8 Å². The number of β-amino-alcohol motifs (C(OH)–C–C–N with tert-alkyl or cyclic N) is 1. The number of hydrogen-bond donors (Lipinski definition) is 4. The van der Waals surface area contributed by atoms with Gasteiger partial charge in [0.1, 0.15) is 40.3 Å². The van der Waals surface area contributed by atoms with Gasteiger partial charge < -0.3 is 25.0 Å². The van der Waals surface area contributed by atoms with Crippen LogP contribution in [0.1, 0.15) is 20.8 Å². The second-order valence-corrected chi connectivity index (χ2v) is 11.7. The van der Waals surface area contributed by atoms with Gasteiger partial charge in [-0.25, -0.2) is 29.3 Å². The van der Waals surface area contributed by atoms with E-state index in [1.807, 2.05) is 4.57 Å². The lowest BCUT2D eigenvalue weighted by atomic mass is 10.2. The SMILES string of the molecule is CC(C)(C)OC(=O)[N+]1=C(C(=O)NCCn2cnc3cnc(Nc4ncc(-c5ncncc5F)s4)cc32)C(S)[C@@H](O)C1. The zero-order valence-corrected chi connectivity index (χ0v) is 24.0. The number of amides is 2. The van der Waals surface area contributed by atoms with E-state index in [1.165, 1.54) is 23.9 Å². The Labute approximate surface area is 243 Å². The number of thiazole rings is 1. The van der Waals surface area contributed by atoms with Crippen molar-refractivity contribution in [2.75, 3.05) is 18.4 Å². The third-order valence-corrected chi connectivity index (χ3v) is 7.45. The Morgan fingerprint density at radius 3 is 2.80 bits per heavy atom. The highest BCUT2D eigenvalue weighted by Gasteiger charge is 2.47. The van der Waals surface area contributed by atoms with E-state index in [2.05, 4.69) is 48.2 Å². The fourth-order valence-electron chi connectivity index (χ4n) is 4.11. The largest absolute Gasteiger partial charge is 0.597 e. The molecule has 4 aromatic heterocycles. The smallest absolute Gasteiger partial charge is 0.406 e. The maximum absolute atomic E-state index is 14.0. The van der Waals surface area contributed by atoms with Gasteiger partial charge in [-0.3, -0.25) is 4.79 Å². The van der Waals surface area contributed by atoms with E-state index in [0.29, 0.717) is 27.9 Å². The van der Waals surface area contributed by atoms with Gasteiger partial charge in [0.2, 0.25) is 0 Å². The molecule has 0 bridgehead atoms. The Morgan fingerprint density at radius 1 is 1.24 bits per heavy atom. The Bertz CT molecular complexity index is 1650. The van der Waals surface area contributed by atoms with Crippen LogP contribution < -0.4 is 10.6 Å². The molecule has 0 aromatic carbocycles. The van der Waals surface area contributed by atoms with Crippen molar-refractivity contribution in [2.24, 2.45) is 0 Å². The summed E-state index contributed by atoms with van der Waals surface area (Å²) in [5, 5.41) is 15.8. The van der Waals surface area contributed by atoms with Gasteiger partial charge in [0.25, 0.3) is 5.71 Å². The molecule has 2 amide bonds. The zero-order valence-electron chi connectivity index (χ0n) is 22.3. The van der Waals surface area contributed by atoms with Crippen molar-refractivity contribution in [3.63, 3.8) is 0 Å².